The molecular formula is C23H31N7O. The monoisotopic (exact) mass is 421 g/mol. The first-order valence-electron chi connectivity index (χ1n) is 11.4. The van der Waals surface area contributed by atoms with Crippen molar-refractivity contribution in [3.63, 3.8) is 0 Å². The Hall–Kier alpha value is -2.71. The summed E-state index contributed by atoms with van der Waals surface area (Å²) in [4.78, 5) is 2.63. The molecule has 2 aliphatic rings. The van der Waals surface area contributed by atoms with Crippen LogP contribution in [0.25, 0.3) is 22.3 Å². The lowest BCUT2D eigenvalue weighted by molar-refractivity contribution is 0.148. The molecule has 0 amide bonds. The van der Waals surface area contributed by atoms with Gasteiger partial charge in [0.25, 0.3) is 0 Å². The second-order valence-electron chi connectivity index (χ2n) is 8.75. The van der Waals surface area contributed by atoms with Crippen LogP contribution in [-0.4, -0.2) is 69.8 Å². The Balaban J connectivity index is 1.38. The van der Waals surface area contributed by atoms with E-state index in [4.69, 9.17) is 5.10 Å². The van der Waals surface area contributed by atoms with Crippen molar-refractivity contribution in [1.29, 1.82) is 0 Å². The van der Waals surface area contributed by atoms with Gasteiger partial charge in [-0.1, -0.05) is 12.1 Å². The number of anilines is 1. The molecule has 0 saturated carbocycles. The molecule has 3 aromatic rings. The molecule has 8 heteroatoms. The number of nitrogens with zero attached hydrogens (tertiary/aromatic N) is 5. The summed E-state index contributed by atoms with van der Waals surface area (Å²) in [6, 6.07) is 9.60. The molecule has 0 bridgehead atoms. The van der Waals surface area contributed by atoms with Gasteiger partial charge in [-0.25, -0.2) is 0 Å². The second-order valence-corrected chi connectivity index (χ2v) is 8.75. The number of hydrogen-bond acceptors (Lipinski definition) is 7. The number of benzene rings is 1. The number of aromatic nitrogens is 4. The van der Waals surface area contributed by atoms with Gasteiger partial charge in [0, 0.05) is 32.2 Å². The predicted octanol–water partition coefficient (Wildman–Crippen LogP) is 2.88. The zero-order valence-electron chi connectivity index (χ0n) is 18.1. The number of rotatable bonds is 5. The molecule has 4 heterocycles. The Morgan fingerprint density at radius 2 is 1.87 bits per heavy atom. The number of phenolic OH excluding ortho intramolecular Hbond substituents is 1. The van der Waals surface area contributed by atoms with E-state index in [-0.39, 0.29) is 5.75 Å². The van der Waals surface area contributed by atoms with E-state index in [1.54, 1.807) is 6.07 Å². The molecule has 164 valence electrons. The number of para-hydroxylation sites is 1. The summed E-state index contributed by atoms with van der Waals surface area (Å²) in [5, 5.41) is 30.5. The van der Waals surface area contributed by atoms with Crippen molar-refractivity contribution in [2.45, 2.75) is 31.7 Å². The number of likely N-dealkylation sites (tertiary alicyclic amines) is 1. The van der Waals surface area contributed by atoms with Crippen LogP contribution >= 0.6 is 0 Å². The van der Waals surface area contributed by atoms with Gasteiger partial charge in [0.2, 0.25) is 0 Å². The van der Waals surface area contributed by atoms with Crippen molar-refractivity contribution in [2.24, 2.45) is 5.92 Å². The van der Waals surface area contributed by atoms with Crippen molar-refractivity contribution in [1.82, 2.24) is 30.2 Å². The van der Waals surface area contributed by atoms with Crippen LogP contribution in [0.15, 0.2) is 30.3 Å². The molecule has 5 rings (SSSR count). The molecule has 2 saturated heterocycles. The minimum absolute atomic E-state index is 0.210. The Bertz CT molecular complexity index is 1040. The van der Waals surface area contributed by atoms with Crippen LogP contribution in [-0.2, 0) is 0 Å². The van der Waals surface area contributed by atoms with Gasteiger partial charge < -0.3 is 20.6 Å². The fraction of sp³-hybridized carbons (Fsp3) is 0.522. The number of fused-ring (bicyclic) bond motifs is 1. The van der Waals surface area contributed by atoms with E-state index in [0.29, 0.717) is 17.3 Å². The molecule has 31 heavy (non-hydrogen) atoms. The second kappa shape index (κ2) is 8.80. The fourth-order valence-electron chi connectivity index (χ4n) is 4.98. The topological polar surface area (TPSA) is 91.1 Å². The summed E-state index contributed by atoms with van der Waals surface area (Å²) < 4.78 is 2.13. The van der Waals surface area contributed by atoms with E-state index in [0.717, 1.165) is 61.8 Å². The molecule has 3 N–H and O–H groups in total. The van der Waals surface area contributed by atoms with Gasteiger partial charge in [0.15, 0.2) is 11.3 Å². The third-order valence-corrected chi connectivity index (χ3v) is 6.75. The lowest BCUT2D eigenvalue weighted by Crippen LogP contribution is -2.40. The van der Waals surface area contributed by atoms with Gasteiger partial charge in [0.05, 0.1) is 17.3 Å². The van der Waals surface area contributed by atoms with Crippen molar-refractivity contribution >= 4 is 16.9 Å². The largest absolute Gasteiger partial charge is 0.507 e. The number of piperidine rings is 2. The third kappa shape index (κ3) is 4.09. The molecular weight excluding hydrogens is 390 g/mol. The van der Waals surface area contributed by atoms with Gasteiger partial charge >= 0.3 is 0 Å². The maximum atomic E-state index is 10.3. The highest BCUT2D eigenvalue weighted by atomic mass is 16.3. The van der Waals surface area contributed by atoms with Crippen LogP contribution in [0, 0.1) is 5.92 Å². The summed E-state index contributed by atoms with van der Waals surface area (Å²) in [5.74, 6) is 1.79. The zero-order chi connectivity index (χ0) is 21.2. The lowest BCUT2D eigenvalue weighted by Gasteiger charge is -2.35. The molecule has 1 aromatic carbocycles. The number of nitrogens with one attached hydrogen (secondary N) is 2. The Morgan fingerprint density at radius 3 is 2.61 bits per heavy atom. The normalized spacial score (nSPS) is 19.1. The van der Waals surface area contributed by atoms with Crippen LogP contribution in [0.1, 0.15) is 31.7 Å². The fourth-order valence-corrected chi connectivity index (χ4v) is 4.98. The Labute approximate surface area is 182 Å². The maximum Gasteiger partial charge on any atom is 0.176 e. The van der Waals surface area contributed by atoms with Crippen LogP contribution in [0.3, 0.4) is 0 Å². The molecule has 0 radical (unpaired) electrons. The summed E-state index contributed by atoms with van der Waals surface area (Å²) in [6.07, 6.45) is 4.75. The molecule has 2 aliphatic heterocycles. The molecule has 0 unspecified atom stereocenters. The highest BCUT2D eigenvalue weighted by molar-refractivity contribution is 5.88. The zero-order valence-corrected chi connectivity index (χ0v) is 18.1. The van der Waals surface area contributed by atoms with E-state index >= 15 is 0 Å². The van der Waals surface area contributed by atoms with Crippen molar-refractivity contribution in [2.75, 3.05) is 45.1 Å². The van der Waals surface area contributed by atoms with Crippen molar-refractivity contribution < 1.29 is 5.11 Å². The molecule has 2 aromatic heterocycles. The first kappa shape index (κ1) is 20.2. The standard InChI is InChI=1S/C23H31N7O/c1-24-23-22-20(14-19(26-27-22)18-4-2-3-5-21(18)31)30(28-23)17-8-12-29(13-9-17)15-16-6-10-25-11-7-16/h2-5,14,16-17,25,31H,6-13,15H2,1H3,(H,24,28). The van der Waals surface area contributed by atoms with Gasteiger partial charge in [-0.2, -0.15) is 5.10 Å². The highest BCUT2D eigenvalue weighted by Gasteiger charge is 2.26. The summed E-state index contributed by atoms with van der Waals surface area (Å²) in [7, 11) is 1.87. The third-order valence-electron chi connectivity index (χ3n) is 6.75. The van der Waals surface area contributed by atoms with Crippen molar-refractivity contribution in [3.8, 4) is 17.0 Å². The molecule has 0 atom stereocenters. The van der Waals surface area contributed by atoms with E-state index < -0.39 is 0 Å². The predicted molar refractivity (Wildman–Crippen MR) is 122 cm³/mol. The van der Waals surface area contributed by atoms with Crippen LogP contribution in [0.2, 0.25) is 0 Å². The Kier molecular flexibility index (Phi) is 5.74. The van der Waals surface area contributed by atoms with E-state index in [2.05, 4.69) is 30.4 Å². The molecule has 2 fully saturated rings. The molecule has 0 spiro atoms. The summed E-state index contributed by atoms with van der Waals surface area (Å²) in [6.45, 7) is 5.76. The van der Waals surface area contributed by atoms with Crippen LogP contribution < -0.4 is 10.6 Å². The average Bonchev–Trinajstić information content (AvgIpc) is 3.18. The van der Waals surface area contributed by atoms with Gasteiger partial charge in [-0.3, -0.25) is 4.68 Å². The smallest absolute Gasteiger partial charge is 0.176 e. The number of hydrogen-bond donors (Lipinski definition) is 3. The average molecular weight is 422 g/mol. The van der Waals surface area contributed by atoms with Crippen molar-refractivity contribution in [3.05, 3.63) is 30.3 Å². The lowest BCUT2D eigenvalue weighted by atomic mass is 9.96. The number of aromatic hydroxyl groups is 1. The SMILES string of the molecule is CNc1nn(C2CCN(CC3CCNCC3)CC2)c2cc(-c3ccccc3O)nnc12. The van der Waals surface area contributed by atoms with Crippen LogP contribution in [0.4, 0.5) is 5.82 Å². The van der Waals surface area contributed by atoms with Gasteiger partial charge in [-0.15, -0.1) is 10.2 Å². The quantitative estimate of drug-likeness (QED) is 0.583. The summed E-state index contributed by atoms with van der Waals surface area (Å²) in [5.41, 5.74) is 3.10. The number of phenols is 1. The van der Waals surface area contributed by atoms with Crippen LogP contribution in [0.5, 0.6) is 5.75 Å². The van der Waals surface area contributed by atoms with E-state index in [9.17, 15) is 5.11 Å². The van der Waals surface area contributed by atoms with Gasteiger partial charge in [-0.05, 0) is 62.9 Å². The van der Waals surface area contributed by atoms with E-state index in [1.165, 1.54) is 19.4 Å². The molecule has 0 aliphatic carbocycles. The first-order chi connectivity index (χ1) is 15.2. The Morgan fingerprint density at radius 1 is 1.10 bits per heavy atom. The molecule has 8 nitrogen and oxygen atoms in total. The minimum atomic E-state index is 0.210. The minimum Gasteiger partial charge on any atom is -0.507 e. The van der Waals surface area contributed by atoms with Gasteiger partial charge in [0.1, 0.15) is 5.75 Å². The summed E-state index contributed by atoms with van der Waals surface area (Å²) >= 11 is 0. The first-order valence-corrected chi connectivity index (χ1v) is 11.4. The van der Waals surface area contributed by atoms with E-state index in [1.807, 2.05) is 31.3 Å². The maximum absolute atomic E-state index is 10.3. The highest BCUT2D eigenvalue weighted by Crippen LogP contribution is 2.33.